The van der Waals surface area contributed by atoms with Crippen LogP contribution < -0.4 is 10.2 Å². The normalized spacial score (nSPS) is 16.8. The van der Waals surface area contributed by atoms with E-state index in [1.807, 2.05) is 0 Å². The minimum absolute atomic E-state index is 0.130. The molecule has 1 aromatic rings. The Balaban J connectivity index is 1.94. The summed E-state index contributed by atoms with van der Waals surface area (Å²) in [6.07, 6.45) is 3.78. The van der Waals surface area contributed by atoms with Crippen molar-refractivity contribution in [3.63, 3.8) is 0 Å². The van der Waals surface area contributed by atoms with Gasteiger partial charge >= 0.3 is 6.01 Å². The highest BCUT2D eigenvalue weighted by atomic mass is 16.4. The summed E-state index contributed by atoms with van der Waals surface area (Å²) in [7, 11) is 0. The van der Waals surface area contributed by atoms with Crippen molar-refractivity contribution >= 4 is 6.01 Å². The molecule has 1 aromatic heterocycles. The summed E-state index contributed by atoms with van der Waals surface area (Å²) in [6.45, 7) is 9.28. The smallest absolute Gasteiger partial charge is 0.318 e. The molecule has 0 aromatic carbocycles. The van der Waals surface area contributed by atoms with Gasteiger partial charge in [-0.15, -0.1) is 5.10 Å². The summed E-state index contributed by atoms with van der Waals surface area (Å²) in [4.78, 5) is 2.18. The molecule has 1 unspecified atom stereocenters. The molecule has 1 atom stereocenters. The fraction of sp³-hybridized carbons (Fsp3) is 0.846. The van der Waals surface area contributed by atoms with E-state index >= 15 is 0 Å². The second-order valence-corrected chi connectivity index (χ2v) is 5.08. The SMILES string of the molecule is CCCNC(C)c1nnc(N(CC)CC2CC2)o1. The molecule has 1 aliphatic rings. The van der Waals surface area contributed by atoms with E-state index in [0.717, 1.165) is 32.0 Å². The Morgan fingerprint density at radius 1 is 1.39 bits per heavy atom. The van der Waals surface area contributed by atoms with Gasteiger partial charge < -0.3 is 14.6 Å². The fourth-order valence-electron chi connectivity index (χ4n) is 1.93. The second-order valence-electron chi connectivity index (χ2n) is 5.08. The zero-order valence-electron chi connectivity index (χ0n) is 11.6. The Morgan fingerprint density at radius 2 is 2.17 bits per heavy atom. The molecule has 0 amide bonds. The molecular formula is C13H24N4O. The number of anilines is 1. The maximum absolute atomic E-state index is 5.77. The molecule has 1 N–H and O–H groups in total. The predicted octanol–water partition coefficient (Wildman–Crippen LogP) is 2.37. The monoisotopic (exact) mass is 252 g/mol. The third-order valence-corrected chi connectivity index (χ3v) is 3.33. The topological polar surface area (TPSA) is 54.2 Å². The Kier molecular flexibility index (Phi) is 4.58. The van der Waals surface area contributed by atoms with Crippen molar-refractivity contribution < 1.29 is 4.42 Å². The Bertz CT molecular complexity index is 362. The molecule has 0 spiro atoms. The molecule has 1 aliphatic carbocycles. The second kappa shape index (κ2) is 6.18. The molecule has 0 bridgehead atoms. The lowest BCUT2D eigenvalue weighted by Crippen LogP contribution is -2.25. The van der Waals surface area contributed by atoms with Crippen molar-refractivity contribution in [3.8, 4) is 0 Å². The maximum atomic E-state index is 5.77. The largest absolute Gasteiger partial charge is 0.406 e. The van der Waals surface area contributed by atoms with Gasteiger partial charge in [-0.05, 0) is 45.6 Å². The lowest BCUT2D eigenvalue weighted by molar-refractivity contribution is 0.413. The lowest BCUT2D eigenvalue weighted by Gasteiger charge is -2.17. The van der Waals surface area contributed by atoms with Gasteiger partial charge in [0.05, 0.1) is 6.04 Å². The average Bonchev–Trinajstić information content (AvgIpc) is 3.07. The summed E-state index contributed by atoms with van der Waals surface area (Å²) >= 11 is 0. The molecule has 2 rings (SSSR count). The molecule has 0 radical (unpaired) electrons. The van der Waals surface area contributed by atoms with Crippen molar-refractivity contribution in [2.75, 3.05) is 24.5 Å². The highest BCUT2D eigenvalue weighted by Crippen LogP contribution is 2.31. The van der Waals surface area contributed by atoms with E-state index in [4.69, 9.17) is 4.42 Å². The minimum Gasteiger partial charge on any atom is -0.406 e. The molecule has 5 nitrogen and oxygen atoms in total. The Labute approximate surface area is 109 Å². The van der Waals surface area contributed by atoms with Crippen LogP contribution in [0.3, 0.4) is 0 Å². The van der Waals surface area contributed by atoms with Crippen molar-refractivity contribution in [2.24, 2.45) is 5.92 Å². The van der Waals surface area contributed by atoms with Gasteiger partial charge in [0, 0.05) is 13.1 Å². The molecule has 1 heterocycles. The van der Waals surface area contributed by atoms with Crippen LogP contribution in [0.5, 0.6) is 0 Å². The van der Waals surface area contributed by atoms with Gasteiger partial charge in [0.15, 0.2) is 0 Å². The van der Waals surface area contributed by atoms with E-state index in [1.54, 1.807) is 0 Å². The molecule has 1 saturated carbocycles. The standard InChI is InChI=1S/C13H24N4O/c1-4-8-14-10(3)12-15-16-13(18-12)17(5-2)9-11-6-7-11/h10-11,14H,4-9H2,1-3H3. The van der Waals surface area contributed by atoms with Crippen molar-refractivity contribution in [1.82, 2.24) is 15.5 Å². The lowest BCUT2D eigenvalue weighted by atomic mass is 10.3. The van der Waals surface area contributed by atoms with Gasteiger partial charge in [-0.1, -0.05) is 12.0 Å². The van der Waals surface area contributed by atoms with E-state index in [1.165, 1.54) is 12.8 Å². The van der Waals surface area contributed by atoms with Crippen LogP contribution in [0.25, 0.3) is 0 Å². The van der Waals surface area contributed by atoms with Crippen molar-refractivity contribution in [2.45, 2.75) is 46.1 Å². The maximum Gasteiger partial charge on any atom is 0.318 e. The number of nitrogens with zero attached hydrogens (tertiary/aromatic N) is 3. The molecule has 18 heavy (non-hydrogen) atoms. The van der Waals surface area contributed by atoms with E-state index < -0.39 is 0 Å². The molecule has 102 valence electrons. The van der Waals surface area contributed by atoms with Crippen molar-refractivity contribution in [1.29, 1.82) is 0 Å². The number of hydrogen-bond donors (Lipinski definition) is 1. The summed E-state index contributed by atoms with van der Waals surface area (Å²) < 4.78 is 5.77. The summed E-state index contributed by atoms with van der Waals surface area (Å²) in [5.74, 6) is 1.52. The van der Waals surface area contributed by atoms with Crippen LogP contribution in [0.4, 0.5) is 6.01 Å². The van der Waals surface area contributed by atoms with Gasteiger partial charge in [-0.2, -0.15) is 0 Å². The van der Waals surface area contributed by atoms with E-state index in [2.05, 4.69) is 41.2 Å². The van der Waals surface area contributed by atoms with Gasteiger partial charge in [-0.3, -0.25) is 0 Å². The molecular weight excluding hydrogens is 228 g/mol. The van der Waals surface area contributed by atoms with E-state index in [9.17, 15) is 0 Å². The van der Waals surface area contributed by atoms with Gasteiger partial charge in [-0.25, -0.2) is 0 Å². The molecule has 0 saturated heterocycles. The zero-order valence-corrected chi connectivity index (χ0v) is 11.6. The van der Waals surface area contributed by atoms with Gasteiger partial charge in [0.25, 0.3) is 0 Å². The van der Waals surface area contributed by atoms with Gasteiger partial charge in [0.2, 0.25) is 5.89 Å². The summed E-state index contributed by atoms with van der Waals surface area (Å²) in [5, 5.41) is 11.7. The van der Waals surface area contributed by atoms with E-state index in [-0.39, 0.29) is 6.04 Å². The highest BCUT2D eigenvalue weighted by Gasteiger charge is 2.26. The van der Waals surface area contributed by atoms with Crippen LogP contribution >= 0.6 is 0 Å². The third kappa shape index (κ3) is 3.45. The predicted molar refractivity (Wildman–Crippen MR) is 71.6 cm³/mol. The first-order valence-corrected chi connectivity index (χ1v) is 7.06. The number of aromatic nitrogens is 2. The quantitative estimate of drug-likeness (QED) is 0.769. The molecule has 0 aliphatic heterocycles. The van der Waals surface area contributed by atoms with E-state index in [0.29, 0.717) is 11.9 Å². The van der Waals surface area contributed by atoms with Crippen LogP contribution in [0.1, 0.15) is 52.0 Å². The number of hydrogen-bond acceptors (Lipinski definition) is 5. The Morgan fingerprint density at radius 3 is 2.78 bits per heavy atom. The zero-order chi connectivity index (χ0) is 13.0. The molecule has 1 fully saturated rings. The van der Waals surface area contributed by atoms with Crippen LogP contribution in [0.2, 0.25) is 0 Å². The third-order valence-electron chi connectivity index (χ3n) is 3.33. The van der Waals surface area contributed by atoms with Crippen LogP contribution in [0, 0.1) is 5.92 Å². The Hall–Kier alpha value is -1.10. The first-order valence-electron chi connectivity index (χ1n) is 7.06. The first kappa shape index (κ1) is 13.3. The number of nitrogens with one attached hydrogen (secondary N) is 1. The highest BCUT2D eigenvalue weighted by molar-refractivity contribution is 5.24. The van der Waals surface area contributed by atoms with Crippen LogP contribution in [-0.4, -0.2) is 29.8 Å². The molecule has 5 heteroatoms. The van der Waals surface area contributed by atoms with Gasteiger partial charge in [0.1, 0.15) is 0 Å². The number of rotatable bonds is 8. The van der Waals surface area contributed by atoms with Crippen LogP contribution in [0.15, 0.2) is 4.42 Å². The summed E-state index contributed by atoms with van der Waals surface area (Å²) in [6, 6.07) is 0.801. The average molecular weight is 252 g/mol. The minimum atomic E-state index is 0.130. The fourth-order valence-corrected chi connectivity index (χ4v) is 1.93. The van der Waals surface area contributed by atoms with Crippen LogP contribution in [-0.2, 0) is 0 Å². The van der Waals surface area contributed by atoms with Crippen molar-refractivity contribution in [3.05, 3.63) is 5.89 Å². The first-order chi connectivity index (χ1) is 8.74. The summed E-state index contributed by atoms with van der Waals surface area (Å²) in [5.41, 5.74) is 0.